The number of nitrogens with one attached hydrogen (secondary N) is 1. The van der Waals surface area contributed by atoms with Crippen molar-refractivity contribution >= 4 is 17.9 Å². The van der Waals surface area contributed by atoms with E-state index in [0.29, 0.717) is 18.8 Å². The molecule has 1 aliphatic carbocycles. The summed E-state index contributed by atoms with van der Waals surface area (Å²) in [5.41, 5.74) is 0.481. The smallest absolute Gasteiger partial charge is 0.322 e. The minimum absolute atomic E-state index is 0.0979. The Morgan fingerprint density at radius 3 is 2.59 bits per heavy atom. The summed E-state index contributed by atoms with van der Waals surface area (Å²) < 4.78 is 6.00. The van der Waals surface area contributed by atoms with E-state index >= 15 is 0 Å². The normalized spacial score (nSPS) is 24.8. The van der Waals surface area contributed by atoms with Crippen molar-refractivity contribution in [3.63, 3.8) is 0 Å². The van der Waals surface area contributed by atoms with Gasteiger partial charge in [-0.05, 0) is 31.8 Å². The van der Waals surface area contributed by atoms with Gasteiger partial charge in [0, 0.05) is 32.7 Å². The molecule has 2 aliphatic heterocycles. The first-order chi connectivity index (χ1) is 15.6. The van der Waals surface area contributed by atoms with Crippen LogP contribution in [0.25, 0.3) is 0 Å². The molecular formula is C24H36N6O2. The Bertz CT molecular complexity index is 800. The first-order valence-corrected chi connectivity index (χ1v) is 12.0. The maximum absolute atomic E-state index is 12.4. The zero-order valence-corrected chi connectivity index (χ0v) is 19.2. The van der Waals surface area contributed by atoms with Crippen LogP contribution in [0.5, 0.6) is 0 Å². The predicted octanol–water partition coefficient (Wildman–Crippen LogP) is 3.73. The fourth-order valence-corrected chi connectivity index (χ4v) is 4.82. The lowest BCUT2D eigenvalue weighted by atomic mass is 9.87. The number of aliphatic imine (C=N–C) groups is 1. The zero-order chi connectivity index (χ0) is 22.2. The van der Waals surface area contributed by atoms with E-state index in [1.807, 2.05) is 11.1 Å². The minimum Gasteiger partial charge on any atom is -0.492 e. The molecule has 1 aromatic rings. The van der Waals surface area contributed by atoms with E-state index in [2.05, 4.69) is 33.2 Å². The molecule has 174 valence electrons. The summed E-state index contributed by atoms with van der Waals surface area (Å²) in [7, 11) is 0. The quantitative estimate of drug-likeness (QED) is 0.699. The van der Waals surface area contributed by atoms with Gasteiger partial charge in [-0.25, -0.2) is 14.8 Å². The summed E-state index contributed by atoms with van der Waals surface area (Å²) in [6.45, 7) is 6.98. The van der Waals surface area contributed by atoms with E-state index in [1.54, 1.807) is 12.4 Å². The van der Waals surface area contributed by atoms with Crippen LogP contribution in [0.15, 0.2) is 35.5 Å². The third-order valence-corrected chi connectivity index (χ3v) is 6.80. The van der Waals surface area contributed by atoms with Crippen molar-refractivity contribution in [3.8, 4) is 0 Å². The Labute approximate surface area is 191 Å². The van der Waals surface area contributed by atoms with E-state index in [9.17, 15) is 4.79 Å². The summed E-state index contributed by atoms with van der Waals surface area (Å²) in [4.78, 5) is 29.4. The molecule has 8 nitrogen and oxygen atoms in total. The lowest BCUT2D eigenvalue weighted by Crippen LogP contribution is -2.53. The molecule has 32 heavy (non-hydrogen) atoms. The van der Waals surface area contributed by atoms with Gasteiger partial charge in [0.25, 0.3) is 0 Å². The van der Waals surface area contributed by atoms with Crippen molar-refractivity contribution < 1.29 is 9.53 Å². The summed E-state index contributed by atoms with van der Waals surface area (Å²) in [6.07, 6.45) is 17.7. The van der Waals surface area contributed by atoms with Gasteiger partial charge in [0.05, 0.1) is 36.4 Å². The largest absolute Gasteiger partial charge is 0.492 e. The van der Waals surface area contributed by atoms with Crippen LogP contribution in [0, 0.1) is 5.92 Å². The van der Waals surface area contributed by atoms with Gasteiger partial charge in [0.1, 0.15) is 12.1 Å². The molecule has 4 rings (SSSR count). The number of dihydropyridines is 1. The number of aromatic nitrogens is 2. The van der Waals surface area contributed by atoms with Gasteiger partial charge in [0.2, 0.25) is 0 Å². The molecule has 0 radical (unpaired) electrons. The van der Waals surface area contributed by atoms with E-state index in [0.717, 1.165) is 50.8 Å². The topological polar surface area (TPSA) is 83.0 Å². The highest BCUT2D eigenvalue weighted by Gasteiger charge is 2.30. The number of urea groups is 1. The summed E-state index contributed by atoms with van der Waals surface area (Å²) >= 11 is 0. The Morgan fingerprint density at radius 1 is 1.16 bits per heavy atom. The van der Waals surface area contributed by atoms with Crippen LogP contribution in [0.2, 0.25) is 0 Å². The molecule has 2 amide bonds. The molecule has 0 bridgehead atoms. The molecule has 1 saturated carbocycles. The molecule has 0 unspecified atom stereocenters. The molecule has 1 aromatic heterocycles. The molecule has 1 N–H and O–H groups in total. The molecule has 3 aliphatic rings. The second kappa shape index (κ2) is 10.9. The van der Waals surface area contributed by atoms with Crippen LogP contribution < -0.4 is 5.32 Å². The Morgan fingerprint density at radius 2 is 1.91 bits per heavy atom. The summed E-state index contributed by atoms with van der Waals surface area (Å²) in [5.74, 6) is 1.77. The molecule has 0 aromatic carbocycles. The average Bonchev–Trinajstić information content (AvgIpc) is 2.82. The highest BCUT2D eigenvalue weighted by Crippen LogP contribution is 2.27. The first-order valence-electron chi connectivity index (χ1n) is 12.0. The lowest BCUT2D eigenvalue weighted by Gasteiger charge is -2.39. The van der Waals surface area contributed by atoms with Crippen molar-refractivity contribution in [2.75, 3.05) is 44.6 Å². The highest BCUT2D eigenvalue weighted by molar-refractivity contribution is 5.89. The van der Waals surface area contributed by atoms with Crippen LogP contribution in [-0.4, -0.2) is 76.9 Å². The summed E-state index contributed by atoms with van der Waals surface area (Å²) in [6, 6.07) is -0.0979. The monoisotopic (exact) mass is 440 g/mol. The average molecular weight is 441 g/mol. The third-order valence-electron chi connectivity index (χ3n) is 6.80. The van der Waals surface area contributed by atoms with Crippen molar-refractivity contribution in [1.29, 1.82) is 0 Å². The summed E-state index contributed by atoms with van der Waals surface area (Å²) in [5, 5.41) is 2.86. The van der Waals surface area contributed by atoms with Gasteiger partial charge in [-0.3, -0.25) is 9.89 Å². The number of amides is 2. The van der Waals surface area contributed by atoms with Crippen molar-refractivity contribution in [2.24, 2.45) is 10.9 Å². The number of nitrogens with zero attached hydrogens (tertiary/aromatic N) is 5. The number of hydrogen-bond donors (Lipinski definition) is 1. The fourth-order valence-electron chi connectivity index (χ4n) is 4.82. The standard InChI is InChI=1S/C24H36N6O2/c1-24(9-7-22(17-27-24)32-14-8-20-5-3-2-4-6-20)18-29-10-12-30(13-11-29)23(31)28-21-15-25-19-26-16-21/h7,15-17,19-20H,2-6,8-14,18H2,1H3,(H,28,31)/t24-/m0/s1. The maximum atomic E-state index is 12.4. The second-order valence-electron chi connectivity index (χ2n) is 9.53. The lowest BCUT2D eigenvalue weighted by molar-refractivity contribution is 0.128. The number of allylic oxidation sites excluding steroid dienone is 1. The second-order valence-corrected chi connectivity index (χ2v) is 9.53. The molecule has 1 saturated heterocycles. The Balaban J connectivity index is 1.16. The van der Waals surface area contributed by atoms with Crippen molar-refractivity contribution in [1.82, 2.24) is 19.8 Å². The Hall–Kier alpha value is -2.48. The van der Waals surface area contributed by atoms with Crippen LogP contribution in [-0.2, 0) is 4.74 Å². The number of rotatable bonds is 7. The number of piperazine rings is 1. The van der Waals surface area contributed by atoms with Gasteiger partial charge in [0.15, 0.2) is 0 Å². The van der Waals surface area contributed by atoms with Crippen LogP contribution in [0.3, 0.4) is 0 Å². The molecule has 8 heteroatoms. The molecular weight excluding hydrogens is 404 g/mol. The highest BCUT2D eigenvalue weighted by atomic mass is 16.5. The number of hydrogen-bond acceptors (Lipinski definition) is 6. The number of carbonyl (C=O) groups excluding carboxylic acids is 1. The first kappa shape index (κ1) is 22.7. The third kappa shape index (κ3) is 6.51. The van der Waals surface area contributed by atoms with Gasteiger partial charge >= 0.3 is 6.03 Å². The van der Waals surface area contributed by atoms with Crippen LogP contribution in [0.1, 0.15) is 51.9 Å². The fraction of sp³-hybridized carbons (Fsp3) is 0.667. The van der Waals surface area contributed by atoms with Gasteiger partial charge in [-0.2, -0.15) is 0 Å². The zero-order valence-electron chi connectivity index (χ0n) is 19.2. The molecule has 2 fully saturated rings. The predicted molar refractivity (Wildman–Crippen MR) is 126 cm³/mol. The molecule has 3 heterocycles. The maximum Gasteiger partial charge on any atom is 0.322 e. The number of anilines is 1. The van der Waals surface area contributed by atoms with E-state index < -0.39 is 0 Å². The van der Waals surface area contributed by atoms with Crippen LogP contribution in [0.4, 0.5) is 10.5 Å². The number of carbonyl (C=O) groups is 1. The minimum atomic E-state index is -0.137. The van der Waals surface area contributed by atoms with Gasteiger partial charge in [-0.1, -0.05) is 32.1 Å². The van der Waals surface area contributed by atoms with E-state index in [4.69, 9.17) is 9.73 Å². The van der Waals surface area contributed by atoms with Gasteiger partial charge in [-0.15, -0.1) is 0 Å². The van der Waals surface area contributed by atoms with Crippen molar-refractivity contribution in [3.05, 3.63) is 30.6 Å². The van der Waals surface area contributed by atoms with Crippen molar-refractivity contribution in [2.45, 2.75) is 57.4 Å². The number of ether oxygens (including phenoxy) is 1. The SMILES string of the molecule is C[C@@]1(CN2CCN(C(=O)Nc3cncnc3)CC2)CC=C(OCCC2CCCCC2)C=N1. The molecule has 1 atom stereocenters. The Kier molecular flexibility index (Phi) is 7.73. The van der Waals surface area contributed by atoms with Gasteiger partial charge < -0.3 is 15.0 Å². The van der Waals surface area contributed by atoms with E-state index in [-0.39, 0.29) is 11.6 Å². The molecule has 0 spiro atoms. The van der Waals surface area contributed by atoms with Crippen LogP contribution >= 0.6 is 0 Å². The van der Waals surface area contributed by atoms with E-state index in [1.165, 1.54) is 38.4 Å².